The third-order valence-electron chi connectivity index (χ3n) is 2.86. The Balaban J connectivity index is 3.11. The second-order valence-corrected chi connectivity index (χ2v) is 4.66. The van der Waals surface area contributed by atoms with Crippen LogP contribution in [0.15, 0.2) is 0 Å². The van der Waals surface area contributed by atoms with Gasteiger partial charge in [-0.3, -0.25) is 0 Å². The van der Waals surface area contributed by atoms with Gasteiger partial charge >= 0.3 is 0 Å². The monoisotopic (exact) mass is 215 g/mol. The summed E-state index contributed by atoms with van der Waals surface area (Å²) in [6.45, 7) is 8.16. The molecule has 2 nitrogen and oxygen atoms in total. The van der Waals surface area contributed by atoms with Crippen molar-refractivity contribution >= 4 is 0 Å². The minimum absolute atomic E-state index is 0.226. The van der Waals surface area contributed by atoms with Gasteiger partial charge in [-0.15, -0.1) is 0 Å². The van der Waals surface area contributed by atoms with E-state index in [2.05, 4.69) is 13.8 Å². The van der Waals surface area contributed by atoms with Crippen molar-refractivity contribution < 1.29 is 4.74 Å². The molecule has 0 amide bonds. The highest BCUT2D eigenvalue weighted by atomic mass is 16.5. The molecule has 0 radical (unpaired) electrons. The second-order valence-electron chi connectivity index (χ2n) is 4.66. The number of nitrogens with two attached hydrogens (primary N) is 1. The van der Waals surface area contributed by atoms with Gasteiger partial charge in [0.2, 0.25) is 0 Å². The molecule has 0 aromatic heterocycles. The van der Waals surface area contributed by atoms with E-state index in [1.54, 1.807) is 0 Å². The second kappa shape index (κ2) is 10.4. The zero-order valence-electron chi connectivity index (χ0n) is 10.8. The number of hydrogen-bond donors (Lipinski definition) is 1. The Labute approximate surface area is 95.6 Å². The van der Waals surface area contributed by atoms with Crippen molar-refractivity contribution in [1.82, 2.24) is 0 Å². The molecule has 2 unspecified atom stereocenters. The molecule has 0 aliphatic heterocycles. The largest absolute Gasteiger partial charge is 0.377 e. The van der Waals surface area contributed by atoms with E-state index >= 15 is 0 Å². The lowest BCUT2D eigenvalue weighted by Gasteiger charge is -2.11. The molecule has 0 bridgehead atoms. The average molecular weight is 215 g/mol. The SMILES string of the molecule is CCCC(C)CCCCCOC(C)CN. The summed E-state index contributed by atoms with van der Waals surface area (Å²) >= 11 is 0. The van der Waals surface area contributed by atoms with Crippen molar-refractivity contribution in [2.75, 3.05) is 13.2 Å². The Morgan fingerprint density at radius 3 is 2.40 bits per heavy atom. The molecule has 2 heteroatoms. The lowest BCUT2D eigenvalue weighted by Crippen LogP contribution is -2.20. The minimum Gasteiger partial charge on any atom is -0.377 e. The summed E-state index contributed by atoms with van der Waals surface area (Å²) in [6, 6.07) is 0. The van der Waals surface area contributed by atoms with Gasteiger partial charge < -0.3 is 10.5 Å². The molecule has 0 aliphatic rings. The topological polar surface area (TPSA) is 35.2 Å². The molecule has 92 valence electrons. The van der Waals surface area contributed by atoms with Gasteiger partial charge in [0.05, 0.1) is 6.10 Å². The smallest absolute Gasteiger partial charge is 0.0669 e. The lowest BCUT2D eigenvalue weighted by atomic mass is 9.99. The highest BCUT2D eigenvalue weighted by Gasteiger charge is 2.01. The van der Waals surface area contributed by atoms with Gasteiger partial charge in [0.15, 0.2) is 0 Å². The van der Waals surface area contributed by atoms with Crippen LogP contribution in [-0.4, -0.2) is 19.3 Å². The van der Waals surface area contributed by atoms with Crippen LogP contribution in [0.25, 0.3) is 0 Å². The summed E-state index contributed by atoms with van der Waals surface area (Å²) in [6.07, 6.45) is 8.12. The van der Waals surface area contributed by atoms with Gasteiger partial charge in [-0.2, -0.15) is 0 Å². The third-order valence-corrected chi connectivity index (χ3v) is 2.86. The van der Waals surface area contributed by atoms with E-state index < -0.39 is 0 Å². The molecule has 0 aliphatic carbocycles. The molecule has 0 saturated carbocycles. The quantitative estimate of drug-likeness (QED) is 0.567. The maximum absolute atomic E-state index is 5.52. The van der Waals surface area contributed by atoms with E-state index in [0.29, 0.717) is 6.54 Å². The van der Waals surface area contributed by atoms with Gasteiger partial charge in [-0.1, -0.05) is 46.0 Å². The molecular weight excluding hydrogens is 186 g/mol. The number of hydrogen-bond acceptors (Lipinski definition) is 2. The van der Waals surface area contributed by atoms with Crippen molar-refractivity contribution in [3.63, 3.8) is 0 Å². The molecule has 15 heavy (non-hydrogen) atoms. The first-order chi connectivity index (χ1) is 7.20. The van der Waals surface area contributed by atoms with Crippen molar-refractivity contribution in [2.24, 2.45) is 11.7 Å². The van der Waals surface area contributed by atoms with E-state index in [1.165, 1.54) is 38.5 Å². The molecule has 2 atom stereocenters. The average Bonchev–Trinajstić information content (AvgIpc) is 2.23. The normalized spacial score (nSPS) is 15.2. The molecule has 0 fully saturated rings. The van der Waals surface area contributed by atoms with Crippen LogP contribution in [0.4, 0.5) is 0 Å². The summed E-state index contributed by atoms with van der Waals surface area (Å²) in [5.41, 5.74) is 5.46. The summed E-state index contributed by atoms with van der Waals surface area (Å²) in [5, 5.41) is 0. The van der Waals surface area contributed by atoms with Crippen LogP contribution in [0.3, 0.4) is 0 Å². The van der Waals surface area contributed by atoms with Crippen molar-refractivity contribution in [3.8, 4) is 0 Å². The predicted molar refractivity (Wildman–Crippen MR) is 67.0 cm³/mol. The standard InChI is InChI=1S/C13H29NO/c1-4-8-12(2)9-6-5-7-10-15-13(3)11-14/h12-13H,4-11,14H2,1-3H3. The molecule has 0 aromatic carbocycles. The third kappa shape index (κ3) is 10.2. The number of unbranched alkanes of at least 4 members (excludes halogenated alkanes) is 2. The molecule has 0 spiro atoms. The maximum Gasteiger partial charge on any atom is 0.0669 e. The fourth-order valence-electron chi connectivity index (χ4n) is 1.76. The van der Waals surface area contributed by atoms with Crippen LogP contribution in [-0.2, 0) is 4.74 Å². The van der Waals surface area contributed by atoms with E-state index in [1.807, 2.05) is 6.92 Å². The van der Waals surface area contributed by atoms with Gasteiger partial charge in [0, 0.05) is 13.2 Å². The first-order valence-corrected chi connectivity index (χ1v) is 6.52. The predicted octanol–water partition coefficient (Wildman–Crippen LogP) is 3.35. The molecule has 0 saturated heterocycles. The van der Waals surface area contributed by atoms with E-state index in [4.69, 9.17) is 10.5 Å². The Kier molecular flexibility index (Phi) is 10.4. The Morgan fingerprint density at radius 2 is 1.80 bits per heavy atom. The highest BCUT2D eigenvalue weighted by molar-refractivity contribution is 4.53. The first kappa shape index (κ1) is 14.9. The van der Waals surface area contributed by atoms with Crippen LogP contribution in [0.5, 0.6) is 0 Å². The molecule has 2 N–H and O–H groups in total. The van der Waals surface area contributed by atoms with E-state index in [0.717, 1.165) is 12.5 Å². The zero-order chi connectivity index (χ0) is 11.5. The van der Waals surface area contributed by atoms with Crippen LogP contribution >= 0.6 is 0 Å². The molecule has 0 heterocycles. The van der Waals surface area contributed by atoms with Gasteiger partial charge in [0.1, 0.15) is 0 Å². The van der Waals surface area contributed by atoms with E-state index in [-0.39, 0.29) is 6.10 Å². The summed E-state index contributed by atoms with van der Waals surface area (Å²) < 4.78 is 5.52. The van der Waals surface area contributed by atoms with Gasteiger partial charge in [-0.25, -0.2) is 0 Å². The fraction of sp³-hybridized carbons (Fsp3) is 1.00. The Hall–Kier alpha value is -0.0800. The summed E-state index contributed by atoms with van der Waals surface area (Å²) in [4.78, 5) is 0. The number of rotatable bonds is 10. The number of ether oxygens (including phenoxy) is 1. The zero-order valence-corrected chi connectivity index (χ0v) is 10.8. The van der Waals surface area contributed by atoms with Gasteiger partial charge in [-0.05, 0) is 19.3 Å². The van der Waals surface area contributed by atoms with Crippen molar-refractivity contribution in [3.05, 3.63) is 0 Å². The van der Waals surface area contributed by atoms with E-state index in [9.17, 15) is 0 Å². The van der Waals surface area contributed by atoms with Crippen molar-refractivity contribution in [2.45, 2.75) is 65.4 Å². The van der Waals surface area contributed by atoms with Crippen LogP contribution < -0.4 is 5.73 Å². The summed E-state index contributed by atoms with van der Waals surface area (Å²) in [7, 11) is 0. The Morgan fingerprint density at radius 1 is 1.07 bits per heavy atom. The Bertz CT molecular complexity index is 128. The molecule has 0 aromatic rings. The fourth-order valence-corrected chi connectivity index (χ4v) is 1.76. The van der Waals surface area contributed by atoms with Gasteiger partial charge in [0.25, 0.3) is 0 Å². The lowest BCUT2D eigenvalue weighted by molar-refractivity contribution is 0.0687. The minimum atomic E-state index is 0.226. The van der Waals surface area contributed by atoms with Crippen molar-refractivity contribution in [1.29, 1.82) is 0 Å². The summed E-state index contributed by atoms with van der Waals surface area (Å²) in [5.74, 6) is 0.902. The first-order valence-electron chi connectivity index (χ1n) is 6.52. The molecule has 0 rings (SSSR count). The molecular formula is C13H29NO. The van der Waals surface area contributed by atoms with Crippen LogP contribution in [0, 0.1) is 5.92 Å². The van der Waals surface area contributed by atoms with Crippen LogP contribution in [0.1, 0.15) is 59.3 Å². The maximum atomic E-state index is 5.52. The van der Waals surface area contributed by atoms with Crippen LogP contribution in [0.2, 0.25) is 0 Å². The highest BCUT2D eigenvalue weighted by Crippen LogP contribution is 2.14.